The van der Waals surface area contributed by atoms with Crippen LogP contribution in [0.2, 0.25) is 0 Å². The maximum Gasteiger partial charge on any atom is 0.408 e. The molecule has 174 valence electrons. The monoisotopic (exact) mass is 509 g/mol. The van der Waals surface area contributed by atoms with E-state index in [0.717, 1.165) is 5.56 Å². The second kappa shape index (κ2) is 11.7. The Morgan fingerprint density at radius 1 is 1.12 bits per heavy atom. The van der Waals surface area contributed by atoms with Crippen molar-refractivity contribution in [1.29, 1.82) is 0 Å². The molecule has 1 unspecified atom stereocenters. The van der Waals surface area contributed by atoms with E-state index in [1.165, 1.54) is 18.0 Å². The molecule has 0 bridgehead atoms. The van der Waals surface area contributed by atoms with Crippen molar-refractivity contribution in [3.8, 4) is 0 Å². The van der Waals surface area contributed by atoms with Crippen molar-refractivity contribution >= 4 is 33.9 Å². The molecule has 1 atom stereocenters. The molecule has 1 aromatic heterocycles. The van der Waals surface area contributed by atoms with Gasteiger partial charge in [-0.1, -0.05) is 30.3 Å². The van der Waals surface area contributed by atoms with Crippen LogP contribution in [0.3, 0.4) is 0 Å². The SMILES string of the molecule is COC(=O)c1c(Br)ccn1NC(=O)C(CCOCc1ccccc1)NC(=O)OC(C)(C)C. The molecular formula is C22H28BrN3O6. The quantitative estimate of drug-likeness (QED) is 0.394. The van der Waals surface area contributed by atoms with Crippen molar-refractivity contribution in [2.45, 2.75) is 45.4 Å². The normalized spacial score (nSPS) is 12.0. The Labute approximate surface area is 195 Å². The highest BCUT2D eigenvalue weighted by molar-refractivity contribution is 9.10. The van der Waals surface area contributed by atoms with Crippen LogP contribution in [-0.4, -0.2) is 48.0 Å². The number of nitrogens with one attached hydrogen (secondary N) is 2. The zero-order valence-corrected chi connectivity index (χ0v) is 20.1. The number of benzene rings is 1. The van der Waals surface area contributed by atoms with E-state index in [1.54, 1.807) is 26.8 Å². The molecule has 2 amide bonds. The number of alkyl carbamates (subject to hydrolysis) is 1. The highest BCUT2D eigenvalue weighted by Gasteiger charge is 2.26. The number of aromatic nitrogens is 1. The maximum atomic E-state index is 12.9. The lowest BCUT2D eigenvalue weighted by atomic mass is 10.2. The molecule has 0 spiro atoms. The molecule has 0 radical (unpaired) electrons. The number of halogens is 1. The molecule has 10 heteroatoms. The van der Waals surface area contributed by atoms with Gasteiger partial charge < -0.3 is 19.5 Å². The molecule has 9 nitrogen and oxygen atoms in total. The van der Waals surface area contributed by atoms with Gasteiger partial charge in [0.2, 0.25) is 0 Å². The number of rotatable bonds is 9. The standard InChI is InChI=1S/C22H28BrN3O6/c1-22(2,3)32-21(29)24-17(11-13-31-14-15-8-6-5-7-9-15)19(27)25-26-12-10-16(23)18(26)20(28)30-4/h5-10,12,17H,11,13-14H2,1-4H3,(H,24,29)(H,25,27). The summed E-state index contributed by atoms with van der Waals surface area (Å²) in [6, 6.07) is 10.2. The van der Waals surface area contributed by atoms with Crippen molar-refractivity contribution in [3.05, 3.63) is 58.3 Å². The van der Waals surface area contributed by atoms with Gasteiger partial charge in [0.05, 0.1) is 18.2 Å². The number of nitrogens with zero attached hydrogens (tertiary/aromatic N) is 1. The van der Waals surface area contributed by atoms with Gasteiger partial charge in [-0.15, -0.1) is 0 Å². The first kappa shape index (κ1) is 25.4. The van der Waals surface area contributed by atoms with Gasteiger partial charge in [0.15, 0.2) is 5.69 Å². The minimum atomic E-state index is -0.965. The number of hydrogen-bond acceptors (Lipinski definition) is 6. The Hall–Kier alpha value is -2.85. The van der Waals surface area contributed by atoms with E-state index in [2.05, 4.69) is 26.7 Å². The molecule has 0 fully saturated rings. The average molecular weight is 510 g/mol. The number of amides is 2. The molecule has 2 aromatic rings. The Morgan fingerprint density at radius 3 is 2.44 bits per heavy atom. The minimum absolute atomic E-state index is 0.109. The van der Waals surface area contributed by atoms with Gasteiger partial charge in [-0.25, -0.2) is 9.59 Å². The van der Waals surface area contributed by atoms with Crippen molar-refractivity contribution in [2.24, 2.45) is 0 Å². The lowest BCUT2D eigenvalue weighted by Crippen LogP contribution is -2.48. The Bertz CT molecular complexity index is 923. The number of esters is 1. The van der Waals surface area contributed by atoms with E-state index in [1.807, 2.05) is 30.3 Å². The molecular weight excluding hydrogens is 482 g/mol. The van der Waals surface area contributed by atoms with Gasteiger partial charge in [0, 0.05) is 19.2 Å². The summed E-state index contributed by atoms with van der Waals surface area (Å²) in [6.45, 7) is 5.76. The smallest absolute Gasteiger partial charge is 0.408 e. The lowest BCUT2D eigenvalue weighted by molar-refractivity contribution is -0.119. The predicted molar refractivity (Wildman–Crippen MR) is 122 cm³/mol. The number of carbonyl (C=O) groups is 3. The summed E-state index contributed by atoms with van der Waals surface area (Å²) >= 11 is 3.25. The fourth-order valence-electron chi connectivity index (χ4n) is 2.67. The van der Waals surface area contributed by atoms with Gasteiger partial charge in [-0.05, 0) is 48.3 Å². The van der Waals surface area contributed by atoms with Crippen LogP contribution < -0.4 is 10.7 Å². The van der Waals surface area contributed by atoms with E-state index < -0.39 is 29.6 Å². The largest absolute Gasteiger partial charge is 0.464 e. The van der Waals surface area contributed by atoms with E-state index >= 15 is 0 Å². The molecule has 0 saturated carbocycles. The van der Waals surface area contributed by atoms with Gasteiger partial charge in [-0.2, -0.15) is 0 Å². The fraction of sp³-hybridized carbons (Fsp3) is 0.409. The van der Waals surface area contributed by atoms with Crippen molar-refractivity contribution in [2.75, 3.05) is 19.1 Å². The van der Waals surface area contributed by atoms with Crippen LogP contribution >= 0.6 is 15.9 Å². The zero-order valence-electron chi connectivity index (χ0n) is 18.5. The van der Waals surface area contributed by atoms with Crippen LogP contribution in [0.5, 0.6) is 0 Å². The number of ether oxygens (including phenoxy) is 3. The minimum Gasteiger partial charge on any atom is -0.464 e. The van der Waals surface area contributed by atoms with E-state index in [4.69, 9.17) is 14.2 Å². The highest BCUT2D eigenvalue weighted by atomic mass is 79.9. The van der Waals surface area contributed by atoms with Gasteiger partial charge in [0.25, 0.3) is 5.91 Å². The number of methoxy groups -OCH3 is 1. The Morgan fingerprint density at radius 2 is 1.81 bits per heavy atom. The first-order valence-corrected chi connectivity index (χ1v) is 10.8. The molecule has 0 saturated heterocycles. The number of carbonyl (C=O) groups excluding carboxylic acids is 3. The molecule has 0 aliphatic heterocycles. The van der Waals surface area contributed by atoms with Crippen LogP contribution in [0, 0.1) is 0 Å². The maximum absolute atomic E-state index is 12.9. The predicted octanol–water partition coefficient (Wildman–Crippen LogP) is 3.61. The second-order valence-corrected chi connectivity index (χ2v) is 8.73. The van der Waals surface area contributed by atoms with Crippen molar-refractivity contribution in [1.82, 2.24) is 9.99 Å². The van der Waals surface area contributed by atoms with Crippen LogP contribution in [0.25, 0.3) is 0 Å². The zero-order chi connectivity index (χ0) is 23.7. The van der Waals surface area contributed by atoms with Crippen LogP contribution in [-0.2, 0) is 25.6 Å². The first-order chi connectivity index (χ1) is 15.1. The summed E-state index contributed by atoms with van der Waals surface area (Å²) in [6.07, 6.45) is 0.945. The van der Waals surface area contributed by atoms with Crippen LogP contribution in [0.1, 0.15) is 43.2 Å². The average Bonchev–Trinajstić information content (AvgIpc) is 3.09. The summed E-state index contributed by atoms with van der Waals surface area (Å²) in [5.41, 5.74) is 2.97. The number of hydrogen-bond donors (Lipinski definition) is 2. The van der Waals surface area contributed by atoms with E-state index in [0.29, 0.717) is 11.1 Å². The van der Waals surface area contributed by atoms with Crippen molar-refractivity contribution < 1.29 is 28.6 Å². The molecule has 0 aliphatic rings. The summed E-state index contributed by atoms with van der Waals surface area (Å²) < 4.78 is 17.4. The Balaban J connectivity index is 2.06. The molecule has 2 N–H and O–H groups in total. The first-order valence-electron chi connectivity index (χ1n) is 9.98. The summed E-state index contributed by atoms with van der Waals surface area (Å²) in [5, 5.41) is 2.57. The van der Waals surface area contributed by atoms with Crippen molar-refractivity contribution in [3.63, 3.8) is 0 Å². The third kappa shape index (κ3) is 8.01. The highest BCUT2D eigenvalue weighted by Crippen LogP contribution is 2.18. The van der Waals surface area contributed by atoms with Crippen LogP contribution in [0.4, 0.5) is 4.79 Å². The summed E-state index contributed by atoms with van der Waals surface area (Å²) in [7, 11) is 1.24. The van der Waals surface area contributed by atoms with Gasteiger partial charge in [0.1, 0.15) is 11.6 Å². The van der Waals surface area contributed by atoms with Gasteiger partial charge >= 0.3 is 12.1 Å². The fourth-order valence-corrected chi connectivity index (χ4v) is 3.15. The van der Waals surface area contributed by atoms with E-state index in [-0.39, 0.29) is 18.7 Å². The molecule has 32 heavy (non-hydrogen) atoms. The summed E-state index contributed by atoms with van der Waals surface area (Å²) in [4.78, 5) is 37.2. The second-order valence-electron chi connectivity index (χ2n) is 7.88. The third-order valence-electron chi connectivity index (χ3n) is 4.12. The van der Waals surface area contributed by atoms with Gasteiger partial charge in [-0.3, -0.25) is 14.9 Å². The summed E-state index contributed by atoms with van der Waals surface area (Å²) in [5.74, 6) is -1.18. The third-order valence-corrected chi connectivity index (χ3v) is 4.76. The molecule has 1 aromatic carbocycles. The molecule has 0 aliphatic carbocycles. The topological polar surface area (TPSA) is 108 Å². The lowest BCUT2D eigenvalue weighted by Gasteiger charge is -2.23. The molecule has 1 heterocycles. The van der Waals surface area contributed by atoms with E-state index in [9.17, 15) is 14.4 Å². The van der Waals surface area contributed by atoms with Crippen LogP contribution in [0.15, 0.2) is 47.1 Å². The Kier molecular flexibility index (Phi) is 9.27. The molecule has 2 rings (SSSR count).